The zero-order valence-electron chi connectivity index (χ0n) is 14.6. The molecule has 0 aliphatic carbocycles. The smallest absolute Gasteiger partial charge is 0.326 e. The highest BCUT2D eigenvalue weighted by Crippen LogP contribution is 2.03. The number of nitrogens with one attached hydrogen (secondary N) is 3. The first-order valence-corrected chi connectivity index (χ1v) is 9.39. The summed E-state index contributed by atoms with van der Waals surface area (Å²) < 4.78 is 0. The fraction of sp³-hybridized carbons (Fsp3) is 0.600. The van der Waals surface area contributed by atoms with Crippen LogP contribution in [0.1, 0.15) is 19.0 Å². The lowest BCUT2D eigenvalue weighted by molar-refractivity contribution is -0.142. The second kappa shape index (κ2) is 10.8. The average molecular weight is 387 g/mol. The number of aromatic amines is 1. The third-order valence-corrected chi connectivity index (χ3v) is 4.27. The van der Waals surface area contributed by atoms with E-state index in [9.17, 15) is 24.6 Å². The van der Waals surface area contributed by atoms with Crippen molar-refractivity contribution in [3.05, 3.63) is 18.2 Å². The number of rotatable bonds is 11. The summed E-state index contributed by atoms with van der Waals surface area (Å²) in [5.74, 6) is -1.97. The number of hydrogen-bond donors (Lipinski definition) is 6. The Morgan fingerprint density at radius 1 is 1.35 bits per heavy atom. The number of nitrogens with two attached hydrogens (primary N) is 1. The summed E-state index contributed by atoms with van der Waals surface area (Å²) in [6.07, 6.45) is 3.88. The van der Waals surface area contributed by atoms with Crippen LogP contribution in [0.25, 0.3) is 0 Å². The van der Waals surface area contributed by atoms with Gasteiger partial charge in [0.2, 0.25) is 11.8 Å². The Hall–Kier alpha value is -2.11. The third-order valence-electron chi connectivity index (χ3n) is 3.63. The molecule has 0 saturated heterocycles. The van der Waals surface area contributed by atoms with Gasteiger partial charge in [-0.05, 0) is 25.4 Å². The number of H-pyrrole nitrogens is 1. The standard InChI is InChI=1S/C15H25N5O5S/c1-8(21)12(20-13(22)10(16)3-4-26-2)14(23)19-11(15(24)25)5-9-6-17-7-18-9/h6-8,10-12,21H,3-5,16H2,1-2H3,(H,17,18)(H,19,23)(H,20,22)(H,24,25)/t8-,10+,11+,12+/m1/s1. The van der Waals surface area contributed by atoms with Crippen molar-refractivity contribution in [2.45, 2.75) is 44.0 Å². The molecule has 4 atom stereocenters. The van der Waals surface area contributed by atoms with Crippen LogP contribution in [0, 0.1) is 0 Å². The topological polar surface area (TPSA) is 170 Å². The maximum atomic E-state index is 12.4. The van der Waals surface area contributed by atoms with E-state index in [2.05, 4.69) is 20.6 Å². The number of nitrogens with zero attached hydrogens (tertiary/aromatic N) is 1. The van der Waals surface area contributed by atoms with E-state index in [1.54, 1.807) is 0 Å². The van der Waals surface area contributed by atoms with Crippen LogP contribution in [0.2, 0.25) is 0 Å². The first kappa shape index (κ1) is 21.9. The quantitative estimate of drug-likeness (QED) is 0.265. The molecular formula is C15H25N5O5S. The minimum Gasteiger partial charge on any atom is -0.480 e. The van der Waals surface area contributed by atoms with E-state index in [4.69, 9.17) is 5.73 Å². The summed E-state index contributed by atoms with van der Waals surface area (Å²) in [5.41, 5.74) is 6.27. The van der Waals surface area contributed by atoms with Crippen molar-refractivity contribution < 1.29 is 24.6 Å². The summed E-state index contributed by atoms with van der Waals surface area (Å²) in [7, 11) is 0. The van der Waals surface area contributed by atoms with Crippen LogP contribution in [-0.4, -0.2) is 74.2 Å². The van der Waals surface area contributed by atoms with Crippen molar-refractivity contribution in [1.29, 1.82) is 0 Å². The molecule has 0 aromatic carbocycles. The molecule has 146 valence electrons. The number of amides is 2. The van der Waals surface area contributed by atoms with Crippen LogP contribution >= 0.6 is 11.8 Å². The molecule has 1 heterocycles. The van der Waals surface area contributed by atoms with Gasteiger partial charge in [0.05, 0.1) is 18.5 Å². The minimum atomic E-state index is -1.31. The molecule has 1 aromatic rings. The van der Waals surface area contributed by atoms with Crippen molar-refractivity contribution >= 4 is 29.5 Å². The Morgan fingerprint density at radius 3 is 2.54 bits per heavy atom. The molecule has 0 unspecified atom stereocenters. The molecule has 0 aliphatic heterocycles. The van der Waals surface area contributed by atoms with E-state index in [-0.39, 0.29) is 6.42 Å². The molecule has 0 saturated carbocycles. The highest BCUT2D eigenvalue weighted by Gasteiger charge is 2.31. The highest BCUT2D eigenvalue weighted by molar-refractivity contribution is 7.98. The number of aliphatic carboxylic acids is 1. The van der Waals surface area contributed by atoms with E-state index in [1.807, 2.05) is 6.26 Å². The number of aromatic nitrogens is 2. The fourth-order valence-corrected chi connectivity index (χ4v) is 2.61. The Bertz CT molecular complexity index is 595. The van der Waals surface area contributed by atoms with Crippen LogP contribution in [0.4, 0.5) is 0 Å². The van der Waals surface area contributed by atoms with Crippen LogP contribution in [0.3, 0.4) is 0 Å². The largest absolute Gasteiger partial charge is 0.480 e. The first-order valence-electron chi connectivity index (χ1n) is 7.99. The summed E-state index contributed by atoms with van der Waals surface area (Å²) in [6, 6.07) is -3.38. The maximum Gasteiger partial charge on any atom is 0.326 e. The summed E-state index contributed by atoms with van der Waals surface area (Å²) in [6.45, 7) is 1.32. The van der Waals surface area contributed by atoms with Crippen molar-refractivity contribution in [3.8, 4) is 0 Å². The average Bonchev–Trinajstić information content (AvgIpc) is 3.09. The molecule has 1 rings (SSSR count). The van der Waals surface area contributed by atoms with Gasteiger partial charge in [-0.25, -0.2) is 9.78 Å². The first-order chi connectivity index (χ1) is 12.3. The monoisotopic (exact) mass is 387 g/mol. The van der Waals surface area contributed by atoms with E-state index in [0.29, 0.717) is 17.9 Å². The summed E-state index contributed by atoms with van der Waals surface area (Å²) in [4.78, 5) is 42.4. The van der Waals surface area contributed by atoms with Crippen molar-refractivity contribution in [3.63, 3.8) is 0 Å². The SMILES string of the molecule is CSCC[C@H](N)C(=O)N[C@H](C(=O)N[C@@H](Cc1cnc[nH]1)C(=O)O)[C@@H](C)O. The Labute approximate surface area is 155 Å². The molecule has 0 fully saturated rings. The molecule has 0 bridgehead atoms. The number of carboxylic acids is 1. The van der Waals surface area contributed by atoms with E-state index in [1.165, 1.54) is 31.2 Å². The fourth-order valence-electron chi connectivity index (χ4n) is 2.12. The van der Waals surface area contributed by atoms with E-state index < -0.39 is 42.0 Å². The predicted molar refractivity (Wildman–Crippen MR) is 96.4 cm³/mol. The van der Waals surface area contributed by atoms with Crippen molar-refractivity contribution in [1.82, 2.24) is 20.6 Å². The predicted octanol–water partition coefficient (Wildman–Crippen LogP) is -1.53. The Morgan fingerprint density at radius 2 is 2.04 bits per heavy atom. The Balaban J connectivity index is 2.73. The molecule has 11 heteroatoms. The lowest BCUT2D eigenvalue weighted by atomic mass is 10.1. The van der Waals surface area contributed by atoms with Crippen LogP contribution < -0.4 is 16.4 Å². The molecule has 10 nitrogen and oxygen atoms in total. The Kier molecular flexibility index (Phi) is 9.10. The van der Waals surface area contributed by atoms with Gasteiger partial charge < -0.3 is 31.6 Å². The van der Waals surface area contributed by atoms with Gasteiger partial charge in [0.1, 0.15) is 12.1 Å². The number of aliphatic hydroxyl groups is 1. The maximum absolute atomic E-state index is 12.4. The van der Waals surface area contributed by atoms with Crippen molar-refractivity contribution in [2.24, 2.45) is 5.73 Å². The number of imidazole rings is 1. The highest BCUT2D eigenvalue weighted by atomic mass is 32.2. The van der Waals surface area contributed by atoms with E-state index >= 15 is 0 Å². The molecule has 0 radical (unpaired) electrons. The second-order valence-electron chi connectivity index (χ2n) is 5.80. The van der Waals surface area contributed by atoms with Gasteiger partial charge in [0, 0.05) is 18.3 Å². The summed E-state index contributed by atoms with van der Waals surface area (Å²) >= 11 is 1.53. The van der Waals surface area contributed by atoms with Gasteiger partial charge in [0.25, 0.3) is 0 Å². The molecule has 0 aliphatic rings. The van der Waals surface area contributed by atoms with E-state index in [0.717, 1.165) is 0 Å². The molecule has 2 amide bonds. The van der Waals surface area contributed by atoms with Crippen LogP contribution in [-0.2, 0) is 20.8 Å². The van der Waals surface area contributed by atoms with Gasteiger partial charge >= 0.3 is 5.97 Å². The van der Waals surface area contributed by atoms with Crippen LogP contribution in [0.5, 0.6) is 0 Å². The minimum absolute atomic E-state index is 0.0191. The lowest BCUT2D eigenvalue weighted by Gasteiger charge is -2.24. The number of aliphatic hydroxyl groups excluding tert-OH is 1. The van der Waals surface area contributed by atoms with Crippen molar-refractivity contribution in [2.75, 3.05) is 12.0 Å². The normalized spacial score (nSPS) is 15.5. The van der Waals surface area contributed by atoms with Crippen LogP contribution in [0.15, 0.2) is 12.5 Å². The number of hydrogen-bond acceptors (Lipinski definition) is 7. The number of carbonyl (C=O) groups excluding carboxylic acids is 2. The third kappa shape index (κ3) is 7.02. The van der Waals surface area contributed by atoms with Gasteiger partial charge in [-0.15, -0.1) is 0 Å². The molecular weight excluding hydrogens is 362 g/mol. The zero-order chi connectivity index (χ0) is 19.7. The molecule has 26 heavy (non-hydrogen) atoms. The van der Waals surface area contributed by atoms with Gasteiger partial charge in [-0.1, -0.05) is 0 Å². The molecule has 7 N–H and O–H groups in total. The number of carboxylic acid groups (broad SMARTS) is 1. The number of carbonyl (C=O) groups is 3. The molecule has 0 spiro atoms. The van der Waals surface area contributed by atoms with Gasteiger partial charge in [0.15, 0.2) is 0 Å². The molecule has 1 aromatic heterocycles. The number of thioether (sulfide) groups is 1. The van der Waals surface area contributed by atoms with Gasteiger partial charge in [-0.2, -0.15) is 11.8 Å². The second-order valence-corrected chi connectivity index (χ2v) is 6.78. The zero-order valence-corrected chi connectivity index (χ0v) is 15.5. The lowest BCUT2D eigenvalue weighted by Crippen LogP contribution is -2.58. The van der Waals surface area contributed by atoms with Gasteiger partial charge in [-0.3, -0.25) is 9.59 Å². The summed E-state index contributed by atoms with van der Waals surface area (Å²) in [5, 5.41) is 23.8.